The van der Waals surface area contributed by atoms with Gasteiger partial charge in [-0.1, -0.05) is 11.6 Å². The fraction of sp³-hybridized carbons (Fsp3) is 0.571. The summed E-state index contributed by atoms with van der Waals surface area (Å²) in [4.78, 5) is 22.4. The van der Waals surface area contributed by atoms with E-state index in [1.165, 1.54) is 10.3 Å². The van der Waals surface area contributed by atoms with E-state index in [0.717, 1.165) is 19.5 Å². The molecule has 0 radical (unpaired) electrons. The second-order valence-electron chi connectivity index (χ2n) is 5.34. The number of nitrogens with zero attached hydrogens (tertiary/aromatic N) is 3. The topological polar surface area (TPSA) is 102 Å². The van der Waals surface area contributed by atoms with Crippen molar-refractivity contribution in [3.8, 4) is 0 Å². The number of carbonyl (C=O) groups is 1. The van der Waals surface area contributed by atoms with Crippen LogP contribution in [-0.4, -0.2) is 40.2 Å². The van der Waals surface area contributed by atoms with Crippen LogP contribution < -0.4 is 10.6 Å². The largest absolute Gasteiger partial charge is 0.352 e. The van der Waals surface area contributed by atoms with Gasteiger partial charge in [0.05, 0.1) is 11.5 Å². The molecule has 0 saturated heterocycles. The highest BCUT2D eigenvalue weighted by Gasteiger charge is 2.21. The van der Waals surface area contributed by atoms with E-state index < -0.39 is 4.92 Å². The lowest BCUT2D eigenvalue weighted by atomic mass is 10.1. The quantitative estimate of drug-likeness (QED) is 0.460. The molecule has 0 aliphatic carbocycles. The van der Waals surface area contributed by atoms with Crippen molar-refractivity contribution in [2.24, 2.45) is 0 Å². The zero-order valence-electron chi connectivity index (χ0n) is 12.9. The summed E-state index contributed by atoms with van der Waals surface area (Å²) in [5.74, 6) is -0.0744. The molecule has 2 rings (SSSR count). The molecule has 0 atom stereocenters. The molecule has 120 valence electrons. The molecule has 1 amide bonds. The highest BCUT2D eigenvalue weighted by molar-refractivity contribution is 5.76. The minimum absolute atomic E-state index is 0.0280. The number of carbonyl (C=O) groups excluding carboxylic acids is 1. The number of aromatic nitrogens is 2. The summed E-state index contributed by atoms with van der Waals surface area (Å²) >= 11 is 0. The van der Waals surface area contributed by atoms with Crippen LogP contribution in [0, 0.1) is 24.0 Å². The van der Waals surface area contributed by atoms with Crippen LogP contribution in [0.25, 0.3) is 0 Å². The summed E-state index contributed by atoms with van der Waals surface area (Å²) in [5, 5.41) is 21.2. The molecule has 2 heterocycles. The van der Waals surface area contributed by atoms with E-state index in [1.54, 1.807) is 13.8 Å². The first-order valence-electron chi connectivity index (χ1n) is 7.32. The lowest BCUT2D eigenvalue weighted by Gasteiger charge is -2.14. The van der Waals surface area contributed by atoms with Gasteiger partial charge in [-0.05, 0) is 26.8 Å². The fourth-order valence-electron chi connectivity index (χ4n) is 2.51. The molecule has 1 aliphatic heterocycles. The number of nitro groups is 1. The molecule has 0 aromatic carbocycles. The Kier molecular flexibility index (Phi) is 5.26. The minimum Gasteiger partial charge on any atom is -0.352 e. The molecule has 8 heteroatoms. The second kappa shape index (κ2) is 7.17. The molecule has 0 bridgehead atoms. The summed E-state index contributed by atoms with van der Waals surface area (Å²) < 4.78 is 1.52. The Morgan fingerprint density at radius 3 is 2.91 bits per heavy atom. The first-order chi connectivity index (χ1) is 10.5. The third-order valence-electron chi connectivity index (χ3n) is 3.75. The van der Waals surface area contributed by atoms with Crippen molar-refractivity contribution in [1.82, 2.24) is 20.4 Å². The van der Waals surface area contributed by atoms with E-state index in [4.69, 9.17) is 0 Å². The van der Waals surface area contributed by atoms with E-state index >= 15 is 0 Å². The number of rotatable bonds is 6. The molecule has 1 aromatic rings. The smallest absolute Gasteiger partial charge is 0.312 e. The van der Waals surface area contributed by atoms with E-state index in [0.29, 0.717) is 24.5 Å². The number of hydrogen-bond acceptors (Lipinski definition) is 5. The average molecular weight is 307 g/mol. The van der Waals surface area contributed by atoms with Gasteiger partial charge in [0.15, 0.2) is 0 Å². The number of nitrogens with one attached hydrogen (secondary N) is 2. The van der Waals surface area contributed by atoms with Crippen LogP contribution in [0.4, 0.5) is 5.69 Å². The fourth-order valence-corrected chi connectivity index (χ4v) is 2.51. The third-order valence-corrected chi connectivity index (χ3v) is 3.75. The van der Waals surface area contributed by atoms with Crippen LogP contribution >= 0.6 is 0 Å². The zero-order chi connectivity index (χ0) is 16.1. The number of aryl methyl sites for hydroxylation is 2. The summed E-state index contributed by atoms with van der Waals surface area (Å²) in [7, 11) is 0. The van der Waals surface area contributed by atoms with Gasteiger partial charge in [-0.2, -0.15) is 5.10 Å². The maximum atomic E-state index is 11.9. The van der Waals surface area contributed by atoms with Gasteiger partial charge in [0, 0.05) is 19.5 Å². The molecule has 1 aromatic heterocycles. The zero-order valence-corrected chi connectivity index (χ0v) is 12.9. The first kappa shape index (κ1) is 16.2. The van der Waals surface area contributed by atoms with Crippen molar-refractivity contribution in [3.63, 3.8) is 0 Å². The van der Waals surface area contributed by atoms with Crippen LogP contribution in [0.3, 0.4) is 0 Å². The number of amides is 1. The molecular formula is C14H21N5O3. The van der Waals surface area contributed by atoms with Crippen molar-refractivity contribution >= 4 is 11.6 Å². The predicted molar refractivity (Wildman–Crippen MR) is 81.6 cm³/mol. The molecule has 0 spiro atoms. The molecule has 0 unspecified atom stereocenters. The molecule has 0 fully saturated rings. The van der Waals surface area contributed by atoms with Crippen LogP contribution in [0.1, 0.15) is 24.2 Å². The second-order valence-corrected chi connectivity index (χ2v) is 5.34. The van der Waals surface area contributed by atoms with Crippen molar-refractivity contribution in [2.75, 3.05) is 19.6 Å². The standard InChI is InChI=1S/C14H21N5O3/c1-10-14(19(21)22)11(2)18(17-10)8-5-13(20)16-9-12-3-6-15-7-4-12/h3,15H,4-9H2,1-2H3,(H,16,20). The first-order valence-corrected chi connectivity index (χ1v) is 7.32. The van der Waals surface area contributed by atoms with Gasteiger partial charge < -0.3 is 10.6 Å². The summed E-state index contributed by atoms with van der Waals surface area (Å²) in [6.07, 6.45) is 3.29. The lowest BCUT2D eigenvalue weighted by Crippen LogP contribution is -2.30. The Balaban J connectivity index is 1.85. The monoisotopic (exact) mass is 307 g/mol. The highest BCUT2D eigenvalue weighted by Crippen LogP contribution is 2.21. The third kappa shape index (κ3) is 3.91. The summed E-state index contributed by atoms with van der Waals surface area (Å²) in [6, 6.07) is 0. The molecule has 1 aliphatic rings. The minimum atomic E-state index is -0.433. The SMILES string of the molecule is Cc1nn(CCC(=O)NCC2=CCNCC2)c(C)c1[N+](=O)[O-]. The van der Waals surface area contributed by atoms with Crippen molar-refractivity contribution in [2.45, 2.75) is 33.2 Å². The van der Waals surface area contributed by atoms with Gasteiger partial charge in [-0.3, -0.25) is 19.6 Å². The van der Waals surface area contributed by atoms with E-state index in [9.17, 15) is 14.9 Å². The number of hydrogen-bond donors (Lipinski definition) is 2. The summed E-state index contributed by atoms with van der Waals surface area (Å²) in [5.41, 5.74) is 2.12. The van der Waals surface area contributed by atoms with E-state index in [2.05, 4.69) is 21.8 Å². The molecule has 2 N–H and O–H groups in total. The maximum absolute atomic E-state index is 11.9. The van der Waals surface area contributed by atoms with Crippen molar-refractivity contribution < 1.29 is 9.72 Å². The van der Waals surface area contributed by atoms with E-state index in [-0.39, 0.29) is 18.0 Å². The van der Waals surface area contributed by atoms with Crippen LogP contribution in [-0.2, 0) is 11.3 Å². The Labute approximate surface area is 128 Å². The maximum Gasteiger partial charge on any atom is 0.312 e. The van der Waals surface area contributed by atoms with E-state index in [1.807, 2.05) is 0 Å². The Morgan fingerprint density at radius 2 is 2.32 bits per heavy atom. The molecule has 0 saturated carbocycles. The average Bonchev–Trinajstić information content (AvgIpc) is 2.78. The summed E-state index contributed by atoms with van der Waals surface area (Å²) in [6.45, 7) is 5.95. The predicted octanol–water partition coefficient (Wildman–Crippen LogP) is 0.834. The highest BCUT2D eigenvalue weighted by atomic mass is 16.6. The van der Waals surface area contributed by atoms with Gasteiger partial charge in [-0.15, -0.1) is 0 Å². The Hall–Kier alpha value is -2.22. The molecule has 8 nitrogen and oxygen atoms in total. The Morgan fingerprint density at radius 1 is 1.55 bits per heavy atom. The molecule has 22 heavy (non-hydrogen) atoms. The van der Waals surface area contributed by atoms with Crippen LogP contribution in [0.5, 0.6) is 0 Å². The van der Waals surface area contributed by atoms with Crippen LogP contribution in [0.15, 0.2) is 11.6 Å². The Bertz CT molecular complexity index is 606. The van der Waals surface area contributed by atoms with Gasteiger partial charge >= 0.3 is 5.69 Å². The van der Waals surface area contributed by atoms with Gasteiger partial charge in [-0.25, -0.2) is 0 Å². The van der Waals surface area contributed by atoms with Gasteiger partial charge in [0.2, 0.25) is 5.91 Å². The van der Waals surface area contributed by atoms with Gasteiger partial charge in [0.1, 0.15) is 11.4 Å². The normalized spacial score (nSPS) is 14.5. The van der Waals surface area contributed by atoms with Crippen molar-refractivity contribution in [3.05, 3.63) is 33.2 Å². The molecular weight excluding hydrogens is 286 g/mol. The lowest BCUT2D eigenvalue weighted by molar-refractivity contribution is -0.386. The van der Waals surface area contributed by atoms with Gasteiger partial charge in [0.25, 0.3) is 0 Å². The van der Waals surface area contributed by atoms with Crippen LogP contribution in [0.2, 0.25) is 0 Å². The van der Waals surface area contributed by atoms with Crippen molar-refractivity contribution in [1.29, 1.82) is 0 Å².